The minimum atomic E-state index is 0.761. The Morgan fingerprint density at radius 1 is 1.33 bits per heavy atom. The Bertz CT molecular complexity index is 223. The molecule has 0 aromatic carbocycles. The maximum Gasteiger partial charge on any atom is 0.0673 e. The Kier molecular flexibility index (Phi) is 9.17. The van der Waals surface area contributed by atoms with Crippen molar-refractivity contribution in [2.24, 2.45) is 11.7 Å². The number of ether oxygens (including phenoxy) is 2. The maximum atomic E-state index is 5.55. The van der Waals surface area contributed by atoms with Crippen LogP contribution in [0, 0.1) is 5.92 Å². The van der Waals surface area contributed by atoms with Gasteiger partial charge in [-0.05, 0) is 63.0 Å². The van der Waals surface area contributed by atoms with Crippen LogP contribution >= 0.6 is 0 Å². The van der Waals surface area contributed by atoms with Crippen LogP contribution in [0.25, 0.3) is 0 Å². The van der Waals surface area contributed by atoms with Crippen LogP contribution in [-0.2, 0) is 9.47 Å². The second kappa shape index (κ2) is 10.5. The highest BCUT2D eigenvalue weighted by Crippen LogP contribution is 2.21. The first-order valence-corrected chi connectivity index (χ1v) is 7.31. The molecule has 1 aliphatic rings. The quantitative estimate of drug-likeness (QED) is 0.509. The van der Waals surface area contributed by atoms with E-state index in [4.69, 9.17) is 15.2 Å². The molecule has 3 nitrogen and oxygen atoms in total. The largest absolute Gasteiger partial charge is 0.381 e. The van der Waals surface area contributed by atoms with Gasteiger partial charge in [-0.2, -0.15) is 0 Å². The fourth-order valence-electron chi connectivity index (χ4n) is 2.50. The predicted molar refractivity (Wildman–Crippen MR) is 75.6 cm³/mol. The third-order valence-corrected chi connectivity index (χ3v) is 3.62. The molecule has 0 aromatic rings. The average Bonchev–Trinajstić information content (AvgIpc) is 2.42. The zero-order chi connectivity index (χ0) is 13.1. The van der Waals surface area contributed by atoms with Crippen LogP contribution in [0.3, 0.4) is 0 Å². The minimum Gasteiger partial charge on any atom is -0.381 e. The number of rotatable bonds is 9. The zero-order valence-corrected chi connectivity index (χ0v) is 11.8. The Hall–Kier alpha value is -0.380. The molecule has 3 heteroatoms. The number of nitrogens with two attached hydrogens (primary N) is 1. The average molecular weight is 255 g/mol. The van der Waals surface area contributed by atoms with Crippen LogP contribution in [0.4, 0.5) is 0 Å². The number of hydrogen-bond acceptors (Lipinski definition) is 3. The highest BCUT2D eigenvalue weighted by atomic mass is 16.5. The molecule has 0 aliphatic carbocycles. The van der Waals surface area contributed by atoms with Gasteiger partial charge in [0.05, 0.1) is 6.61 Å². The van der Waals surface area contributed by atoms with Crippen LogP contribution in [0.5, 0.6) is 0 Å². The van der Waals surface area contributed by atoms with Crippen molar-refractivity contribution in [2.45, 2.75) is 44.9 Å². The van der Waals surface area contributed by atoms with Gasteiger partial charge in [-0.15, -0.1) is 0 Å². The molecule has 0 unspecified atom stereocenters. The van der Waals surface area contributed by atoms with E-state index < -0.39 is 0 Å². The zero-order valence-electron chi connectivity index (χ0n) is 11.8. The van der Waals surface area contributed by atoms with E-state index in [9.17, 15) is 0 Å². The third kappa shape index (κ3) is 7.14. The van der Waals surface area contributed by atoms with Crippen molar-refractivity contribution in [2.75, 3.05) is 33.5 Å². The second-order valence-electron chi connectivity index (χ2n) is 5.17. The topological polar surface area (TPSA) is 44.5 Å². The van der Waals surface area contributed by atoms with E-state index in [0.29, 0.717) is 0 Å². The first-order valence-electron chi connectivity index (χ1n) is 7.31. The molecule has 0 amide bonds. The molecule has 0 bridgehead atoms. The summed E-state index contributed by atoms with van der Waals surface area (Å²) in [5.74, 6) is 0.891. The lowest BCUT2D eigenvalue weighted by Crippen LogP contribution is -2.15. The van der Waals surface area contributed by atoms with Crippen LogP contribution in [-0.4, -0.2) is 33.5 Å². The first kappa shape index (κ1) is 15.7. The summed E-state index contributed by atoms with van der Waals surface area (Å²) in [7, 11) is 1.76. The van der Waals surface area contributed by atoms with Crippen molar-refractivity contribution >= 4 is 0 Å². The molecule has 18 heavy (non-hydrogen) atoms. The van der Waals surface area contributed by atoms with Gasteiger partial charge >= 0.3 is 0 Å². The van der Waals surface area contributed by atoms with Gasteiger partial charge in [0.15, 0.2) is 0 Å². The van der Waals surface area contributed by atoms with Gasteiger partial charge in [-0.3, -0.25) is 0 Å². The fourth-order valence-corrected chi connectivity index (χ4v) is 2.50. The third-order valence-electron chi connectivity index (χ3n) is 3.62. The van der Waals surface area contributed by atoms with E-state index >= 15 is 0 Å². The Morgan fingerprint density at radius 2 is 2.11 bits per heavy atom. The Labute approximate surface area is 112 Å². The molecule has 0 saturated carbocycles. The monoisotopic (exact) mass is 255 g/mol. The van der Waals surface area contributed by atoms with Gasteiger partial charge in [0, 0.05) is 20.3 Å². The summed E-state index contributed by atoms with van der Waals surface area (Å²) in [4.78, 5) is 0. The van der Waals surface area contributed by atoms with Gasteiger partial charge < -0.3 is 15.2 Å². The summed E-state index contributed by atoms with van der Waals surface area (Å²) in [6.45, 7) is 3.46. The van der Waals surface area contributed by atoms with Crippen molar-refractivity contribution in [1.82, 2.24) is 0 Å². The van der Waals surface area contributed by atoms with Crippen LogP contribution < -0.4 is 5.73 Å². The van der Waals surface area contributed by atoms with E-state index in [-0.39, 0.29) is 0 Å². The van der Waals surface area contributed by atoms with Gasteiger partial charge in [-0.1, -0.05) is 6.08 Å². The normalized spacial score (nSPS) is 18.2. The van der Waals surface area contributed by atoms with Crippen LogP contribution in [0.15, 0.2) is 11.6 Å². The molecule has 2 N–H and O–H groups in total. The Balaban J connectivity index is 2.14. The van der Waals surface area contributed by atoms with Gasteiger partial charge in [0.2, 0.25) is 0 Å². The lowest BCUT2D eigenvalue weighted by molar-refractivity contribution is 0.0634. The summed E-state index contributed by atoms with van der Waals surface area (Å²) in [6.07, 6.45) is 10.8. The fraction of sp³-hybridized carbons (Fsp3) is 0.867. The molecule has 1 saturated heterocycles. The second-order valence-corrected chi connectivity index (χ2v) is 5.17. The molecular formula is C15H29NO2. The lowest BCUT2D eigenvalue weighted by atomic mass is 9.94. The number of methoxy groups -OCH3 is 1. The van der Waals surface area contributed by atoms with Gasteiger partial charge in [-0.25, -0.2) is 0 Å². The van der Waals surface area contributed by atoms with Crippen molar-refractivity contribution in [3.8, 4) is 0 Å². The number of hydrogen-bond donors (Lipinski definition) is 1. The van der Waals surface area contributed by atoms with Crippen molar-refractivity contribution in [3.05, 3.63) is 11.6 Å². The van der Waals surface area contributed by atoms with Crippen molar-refractivity contribution in [1.29, 1.82) is 0 Å². The molecule has 0 radical (unpaired) electrons. The molecule has 1 heterocycles. The summed E-state index contributed by atoms with van der Waals surface area (Å²) in [5.41, 5.74) is 6.96. The van der Waals surface area contributed by atoms with E-state index in [1.165, 1.54) is 37.7 Å². The summed E-state index contributed by atoms with van der Waals surface area (Å²) in [6, 6.07) is 0. The summed E-state index contributed by atoms with van der Waals surface area (Å²) >= 11 is 0. The van der Waals surface area contributed by atoms with E-state index in [2.05, 4.69) is 6.08 Å². The van der Waals surface area contributed by atoms with Crippen LogP contribution in [0.1, 0.15) is 44.9 Å². The smallest absolute Gasteiger partial charge is 0.0673 e. The minimum absolute atomic E-state index is 0.761. The molecular weight excluding hydrogens is 226 g/mol. The molecule has 1 aliphatic heterocycles. The molecule has 106 valence electrons. The molecule has 1 rings (SSSR count). The molecule has 0 atom stereocenters. The Morgan fingerprint density at radius 3 is 2.78 bits per heavy atom. The molecule has 0 aromatic heterocycles. The van der Waals surface area contributed by atoms with Crippen molar-refractivity contribution in [3.63, 3.8) is 0 Å². The lowest BCUT2D eigenvalue weighted by Gasteiger charge is -2.21. The van der Waals surface area contributed by atoms with Gasteiger partial charge in [0.1, 0.15) is 0 Å². The first-order chi connectivity index (χ1) is 8.86. The molecule has 0 spiro atoms. The highest BCUT2D eigenvalue weighted by Gasteiger charge is 2.12. The molecule has 1 fully saturated rings. The predicted octanol–water partition coefficient (Wildman–Crippen LogP) is 2.90. The van der Waals surface area contributed by atoms with E-state index in [0.717, 1.165) is 45.1 Å². The SMILES string of the molecule is COCC(=CCCCC1CCOCC1)CCCN. The maximum absolute atomic E-state index is 5.55. The highest BCUT2D eigenvalue weighted by molar-refractivity contribution is 5.02. The summed E-state index contributed by atoms with van der Waals surface area (Å²) < 4.78 is 10.6. The van der Waals surface area contributed by atoms with Crippen molar-refractivity contribution < 1.29 is 9.47 Å². The summed E-state index contributed by atoms with van der Waals surface area (Å²) in [5, 5.41) is 0. The number of unbranched alkanes of at least 4 members (excludes halogenated alkanes) is 1. The van der Waals surface area contributed by atoms with E-state index in [1.807, 2.05) is 0 Å². The standard InChI is InChI=1S/C15H29NO2/c1-17-13-15(7-4-10-16)6-3-2-5-14-8-11-18-12-9-14/h6,14H,2-5,7-13,16H2,1H3. The van der Waals surface area contributed by atoms with E-state index in [1.54, 1.807) is 7.11 Å². The number of allylic oxidation sites excluding steroid dienone is 1. The van der Waals surface area contributed by atoms with Crippen LogP contribution in [0.2, 0.25) is 0 Å². The van der Waals surface area contributed by atoms with Gasteiger partial charge in [0.25, 0.3) is 0 Å².